The standard InChI is InChI=1S/C24H30FN3O2/c1-3-27(21-7-4-6-18(2)16-21)15-5-14-26-24(30)22-12-13-23(29)28(22)17-19-8-10-20(25)11-9-19/h4,6-11,16,22H,3,5,12-15,17H2,1-2H3,(H,26,30)/t22-/m1/s1. The summed E-state index contributed by atoms with van der Waals surface area (Å²) in [5.74, 6) is -0.453. The van der Waals surface area contributed by atoms with E-state index in [1.54, 1.807) is 17.0 Å². The molecule has 0 radical (unpaired) electrons. The molecular weight excluding hydrogens is 381 g/mol. The van der Waals surface area contributed by atoms with Crippen molar-refractivity contribution >= 4 is 17.5 Å². The van der Waals surface area contributed by atoms with Crippen LogP contribution in [0, 0.1) is 12.7 Å². The molecule has 5 nitrogen and oxygen atoms in total. The van der Waals surface area contributed by atoms with Crippen molar-refractivity contribution in [2.45, 2.75) is 45.7 Å². The van der Waals surface area contributed by atoms with Crippen LogP contribution in [-0.2, 0) is 16.1 Å². The van der Waals surface area contributed by atoms with Crippen LogP contribution in [-0.4, -0.2) is 42.4 Å². The van der Waals surface area contributed by atoms with Crippen molar-refractivity contribution in [2.24, 2.45) is 0 Å². The van der Waals surface area contributed by atoms with E-state index in [-0.39, 0.29) is 17.6 Å². The maximum atomic E-state index is 13.1. The fraction of sp³-hybridized carbons (Fsp3) is 0.417. The highest BCUT2D eigenvalue weighted by molar-refractivity contribution is 5.90. The van der Waals surface area contributed by atoms with E-state index in [0.29, 0.717) is 25.9 Å². The van der Waals surface area contributed by atoms with Crippen LogP contribution in [0.1, 0.15) is 37.3 Å². The lowest BCUT2D eigenvalue weighted by atomic mass is 10.1. The van der Waals surface area contributed by atoms with Gasteiger partial charge in [-0.15, -0.1) is 0 Å². The number of hydrogen-bond donors (Lipinski definition) is 1. The summed E-state index contributed by atoms with van der Waals surface area (Å²) in [5.41, 5.74) is 3.24. The quantitative estimate of drug-likeness (QED) is 0.641. The normalized spacial score (nSPS) is 16.0. The molecule has 2 aromatic rings. The van der Waals surface area contributed by atoms with Crippen LogP contribution in [0.5, 0.6) is 0 Å². The number of carbonyl (C=O) groups excluding carboxylic acids is 2. The molecule has 160 valence electrons. The van der Waals surface area contributed by atoms with E-state index < -0.39 is 6.04 Å². The summed E-state index contributed by atoms with van der Waals surface area (Å²) in [6, 6.07) is 14.0. The smallest absolute Gasteiger partial charge is 0.242 e. The number of likely N-dealkylation sites (tertiary alicyclic amines) is 1. The molecule has 1 heterocycles. The minimum absolute atomic E-state index is 0.0314. The molecule has 30 heavy (non-hydrogen) atoms. The third kappa shape index (κ3) is 5.59. The number of rotatable bonds is 9. The lowest BCUT2D eigenvalue weighted by Gasteiger charge is -2.25. The van der Waals surface area contributed by atoms with Gasteiger partial charge in [0, 0.05) is 38.3 Å². The average Bonchev–Trinajstić information content (AvgIpc) is 3.10. The van der Waals surface area contributed by atoms with Gasteiger partial charge in [-0.1, -0.05) is 24.3 Å². The number of anilines is 1. The summed E-state index contributed by atoms with van der Waals surface area (Å²) < 4.78 is 13.1. The largest absolute Gasteiger partial charge is 0.372 e. The second-order valence-corrected chi connectivity index (χ2v) is 7.77. The maximum Gasteiger partial charge on any atom is 0.242 e. The predicted octanol–water partition coefficient (Wildman–Crippen LogP) is 3.66. The second-order valence-electron chi connectivity index (χ2n) is 7.77. The minimum Gasteiger partial charge on any atom is -0.372 e. The summed E-state index contributed by atoms with van der Waals surface area (Å²) >= 11 is 0. The molecule has 0 aliphatic carbocycles. The fourth-order valence-corrected chi connectivity index (χ4v) is 3.88. The average molecular weight is 412 g/mol. The molecule has 0 spiro atoms. The molecule has 1 aliphatic heterocycles. The van der Waals surface area contributed by atoms with Gasteiger partial charge >= 0.3 is 0 Å². The van der Waals surface area contributed by atoms with Gasteiger partial charge in [0.15, 0.2) is 0 Å². The zero-order valence-electron chi connectivity index (χ0n) is 17.7. The van der Waals surface area contributed by atoms with Gasteiger partial charge in [0.2, 0.25) is 11.8 Å². The third-order valence-electron chi connectivity index (χ3n) is 5.55. The fourth-order valence-electron chi connectivity index (χ4n) is 3.88. The van der Waals surface area contributed by atoms with E-state index in [1.165, 1.54) is 23.4 Å². The number of carbonyl (C=O) groups is 2. The topological polar surface area (TPSA) is 52.7 Å². The molecule has 1 atom stereocenters. The van der Waals surface area contributed by atoms with E-state index in [0.717, 1.165) is 25.1 Å². The van der Waals surface area contributed by atoms with E-state index in [2.05, 4.69) is 48.3 Å². The van der Waals surface area contributed by atoms with Crippen molar-refractivity contribution < 1.29 is 14.0 Å². The van der Waals surface area contributed by atoms with Gasteiger partial charge in [-0.25, -0.2) is 4.39 Å². The molecular formula is C24H30FN3O2. The molecule has 1 N–H and O–H groups in total. The SMILES string of the molecule is CCN(CCCNC(=O)[C@H]1CCC(=O)N1Cc1ccc(F)cc1)c1cccc(C)c1. The zero-order chi connectivity index (χ0) is 21.5. The highest BCUT2D eigenvalue weighted by atomic mass is 19.1. The van der Waals surface area contributed by atoms with Gasteiger partial charge in [0.25, 0.3) is 0 Å². The van der Waals surface area contributed by atoms with Crippen molar-refractivity contribution in [1.29, 1.82) is 0 Å². The van der Waals surface area contributed by atoms with Gasteiger partial charge in [-0.2, -0.15) is 0 Å². The highest BCUT2D eigenvalue weighted by Gasteiger charge is 2.35. The summed E-state index contributed by atoms with van der Waals surface area (Å²) in [6.07, 6.45) is 1.72. The van der Waals surface area contributed by atoms with Crippen molar-refractivity contribution in [3.8, 4) is 0 Å². The Kier molecular flexibility index (Phi) is 7.44. The van der Waals surface area contributed by atoms with Gasteiger partial charge in [0.1, 0.15) is 11.9 Å². The monoisotopic (exact) mass is 411 g/mol. The summed E-state index contributed by atoms with van der Waals surface area (Å²) in [4.78, 5) is 28.9. The molecule has 1 saturated heterocycles. The Morgan fingerprint density at radius 2 is 2.00 bits per heavy atom. The zero-order valence-corrected chi connectivity index (χ0v) is 17.7. The van der Waals surface area contributed by atoms with E-state index >= 15 is 0 Å². The molecule has 2 aromatic carbocycles. The van der Waals surface area contributed by atoms with Gasteiger partial charge in [-0.3, -0.25) is 9.59 Å². The predicted molar refractivity (Wildman–Crippen MR) is 117 cm³/mol. The molecule has 1 fully saturated rings. The van der Waals surface area contributed by atoms with Crippen LogP contribution in [0.2, 0.25) is 0 Å². The Bertz CT molecular complexity index is 869. The molecule has 3 rings (SSSR count). The summed E-state index contributed by atoms with van der Waals surface area (Å²) in [6.45, 7) is 6.85. The Morgan fingerprint density at radius 3 is 2.70 bits per heavy atom. The number of benzene rings is 2. The van der Waals surface area contributed by atoms with Gasteiger partial charge in [0.05, 0.1) is 0 Å². The molecule has 0 bridgehead atoms. The van der Waals surface area contributed by atoms with Crippen LogP contribution in [0.4, 0.5) is 10.1 Å². The van der Waals surface area contributed by atoms with Crippen LogP contribution in [0.15, 0.2) is 48.5 Å². The minimum atomic E-state index is -0.457. The van der Waals surface area contributed by atoms with Crippen LogP contribution < -0.4 is 10.2 Å². The molecule has 0 aromatic heterocycles. The lowest BCUT2D eigenvalue weighted by molar-refractivity contribution is -0.135. The Morgan fingerprint density at radius 1 is 1.23 bits per heavy atom. The second kappa shape index (κ2) is 10.2. The van der Waals surface area contributed by atoms with Crippen LogP contribution in [0.3, 0.4) is 0 Å². The van der Waals surface area contributed by atoms with E-state index in [9.17, 15) is 14.0 Å². The maximum absolute atomic E-state index is 13.1. The van der Waals surface area contributed by atoms with E-state index in [4.69, 9.17) is 0 Å². The molecule has 0 saturated carbocycles. The summed E-state index contributed by atoms with van der Waals surface area (Å²) in [5, 5.41) is 2.99. The first-order chi connectivity index (χ1) is 14.5. The van der Waals surface area contributed by atoms with Crippen molar-refractivity contribution in [1.82, 2.24) is 10.2 Å². The first kappa shape index (κ1) is 21.8. The molecule has 6 heteroatoms. The van der Waals surface area contributed by atoms with E-state index in [1.807, 2.05) is 0 Å². The van der Waals surface area contributed by atoms with Crippen molar-refractivity contribution in [3.63, 3.8) is 0 Å². The number of amides is 2. The number of aryl methyl sites for hydroxylation is 1. The van der Waals surface area contributed by atoms with Crippen LogP contribution >= 0.6 is 0 Å². The molecule has 1 aliphatic rings. The third-order valence-corrected chi connectivity index (χ3v) is 5.55. The summed E-state index contributed by atoms with van der Waals surface area (Å²) in [7, 11) is 0. The Balaban J connectivity index is 1.49. The molecule has 0 unspecified atom stereocenters. The number of nitrogens with one attached hydrogen (secondary N) is 1. The number of halogens is 1. The van der Waals surface area contributed by atoms with Gasteiger partial charge in [-0.05, 0) is 62.1 Å². The highest BCUT2D eigenvalue weighted by Crippen LogP contribution is 2.22. The van der Waals surface area contributed by atoms with Crippen molar-refractivity contribution in [2.75, 3.05) is 24.5 Å². The van der Waals surface area contributed by atoms with Crippen molar-refractivity contribution in [3.05, 3.63) is 65.5 Å². The van der Waals surface area contributed by atoms with Crippen LogP contribution in [0.25, 0.3) is 0 Å². The lowest BCUT2D eigenvalue weighted by Crippen LogP contribution is -2.44. The van der Waals surface area contributed by atoms with Gasteiger partial charge < -0.3 is 15.1 Å². The Labute approximate surface area is 177 Å². The number of nitrogens with zero attached hydrogens (tertiary/aromatic N) is 2. The number of hydrogen-bond acceptors (Lipinski definition) is 3. The Hall–Kier alpha value is -2.89. The first-order valence-electron chi connectivity index (χ1n) is 10.6. The molecule has 2 amide bonds. The first-order valence-corrected chi connectivity index (χ1v) is 10.6.